The summed E-state index contributed by atoms with van der Waals surface area (Å²) in [5.74, 6) is 0.898. The highest BCUT2D eigenvalue weighted by Gasteiger charge is 2.02. The zero-order valence-corrected chi connectivity index (χ0v) is 19.5. The number of hydrogen-bond acceptors (Lipinski definition) is 4. The van der Waals surface area contributed by atoms with Crippen molar-refractivity contribution < 1.29 is 0 Å². The first-order valence-corrected chi connectivity index (χ1v) is 10.00. The number of aromatic nitrogens is 1. The molecule has 0 spiro atoms. The Morgan fingerprint density at radius 3 is 2.44 bits per heavy atom. The predicted molar refractivity (Wildman–Crippen MR) is 122 cm³/mol. The minimum atomic E-state index is 0. The molecule has 0 saturated carbocycles. The molecule has 0 atom stereocenters. The molecule has 0 unspecified atom stereocenters. The third kappa shape index (κ3) is 12.6. The van der Waals surface area contributed by atoms with Crippen molar-refractivity contribution in [2.24, 2.45) is 4.99 Å². The number of aryl methyl sites for hydroxylation is 1. The molecule has 1 aromatic rings. The van der Waals surface area contributed by atoms with Gasteiger partial charge < -0.3 is 15.5 Å². The van der Waals surface area contributed by atoms with E-state index in [2.05, 4.69) is 46.5 Å². The Labute approximate surface area is 175 Å². The van der Waals surface area contributed by atoms with Crippen molar-refractivity contribution in [1.29, 1.82) is 0 Å². The lowest BCUT2D eigenvalue weighted by Gasteiger charge is -2.11. The lowest BCUT2D eigenvalue weighted by atomic mass is 10.1. The number of rotatable bonds is 12. The molecule has 0 aliphatic heterocycles. The molecule has 0 bridgehead atoms. The van der Waals surface area contributed by atoms with Crippen LogP contribution in [0.15, 0.2) is 11.2 Å². The summed E-state index contributed by atoms with van der Waals surface area (Å²) in [6, 6.07) is 0. The van der Waals surface area contributed by atoms with Crippen LogP contribution in [0.4, 0.5) is 0 Å². The van der Waals surface area contributed by atoms with Gasteiger partial charge in [-0.2, -0.15) is 0 Å². The average Bonchev–Trinajstić information content (AvgIpc) is 3.03. The Bertz CT molecular complexity index is 462. The maximum absolute atomic E-state index is 4.45. The number of unbranched alkanes of at least 4 members (excludes halogenated alkanes) is 4. The fraction of sp³-hybridized carbons (Fsp3) is 0.778. The van der Waals surface area contributed by atoms with Crippen LogP contribution in [0.5, 0.6) is 0 Å². The van der Waals surface area contributed by atoms with Crippen LogP contribution in [0.3, 0.4) is 0 Å². The van der Waals surface area contributed by atoms with E-state index in [1.165, 1.54) is 48.5 Å². The summed E-state index contributed by atoms with van der Waals surface area (Å²) in [4.78, 5) is 12.3. The fourth-order valence-corrected chi connectivity index (χ4v) is 3.29. The highest BCUT2D eigenvalue weighted by molar-refractivity contribution is 14.0. The quantitative estimate of drug-likeness (QED) is 0.208. The number of thiazole rings is 1. The molecule has 0 radical (unpaired) electrons. The molecule has 25 heavy (non-hydrogen) atoms. The van der Waals surface area contributed by atoms with Crippen LogP contribution in [-0.2, 0) is 12.8 Å². The van der Waals surface area contributed by atoms with E-state index in [9.17, 15) is 0 Å². The lowest BCUT2D eigenvalue weighted by Crippen LogP contribution is -2.38. The molecule has 2 N–H and O–H groups in total. The van der Waals surface area contributed by atoms with Crippen LogP contribution >= 0.6 is 35.3 Å². The van der Waals surface area contributed by atoms with E-state index in [1.807, 2.05) is 24.6 Å². The van der Waals surface area contributed by atoms with Crippen LogP contribution in [0.2, 0.25) is 0 Å². The van der Waals surface area contributed by atoms with Gasteiger partial charge in [0.05, 0.1) is 5.01 Å². The highest BCUT2D eigenvalue weighted by atomic mass is 127. The van der Waals surface area contributed by atoms with Crippen molar-refractivity contribution >= 4 is 41.3 Å². The van der Waals surface area contributed by atoms with Crippen molar-refractivity contribution in [2.45, 2.75) is 51.9 Å². The summed E-state index contributed by atoms with van der Waals surface area (Å²) in [6.07, 6.45) is 10.5. The molecule has 0 aliphatic rings. The normalized spacial score (nSPS) is 11.5. The molecule has 1 heterocycles. The Balaban J connectivity index is 0.00000576. The Morgan fingerprint density at radius 1 is 1.12 bits per heavy atom. The van der Waals surface area contributed by atoms with Gasteiger partial charge in [0.2, 0.25) is 0 Å². The molecular weight excluding hydrogens is 445 g/mol. The molecule has 7 heteroatoms. The van der Waals surface area contributed by atoms with Crippen LogP contribution in [0, 0.1) is 0 Å². The predicted octanol–water partition coefficient (Wildman–Crippen LogP) is 3.54. The number of aliphatic imine (C=N–C) groups is 1. The number of nitrogens with zero attached hydrogens (tertiary/aromatic N) is 3. The van der Waals surface area contributed by atoms with Crippen molar-refractivity contribution in [3.63, 3.8) is 0 Å². The monoisotopic (exact) mass is 481 g/mol. The summed E-state index contributed by atoms with van der Waals surface area (Å²) < 4.78 is 0. The summed E-state index contributed by atoms with van der Waals surface area (Å²) in [6.45, 7) is 5.24. The zero-order chi connectivity index (χ0) is 17.6. The molecule has 1 rings (SSSR count). The minimum absolute atomic E-state index is 0. The molecule has 0 amide bonds. The molecule has 146 valence electrons. The molecule has 0 aromatic carbocycles. The summed E-state index contributed by atoms with van der Waals surface area (Å²) in [5.41, 5.74) is 0. The van der Waals surface area contributed by atoms with Gasteiger partial charge in [0.1, 0.15) is 0 Å². The second kappa shape index (κ2) is 15.8. The smallest absolute Gasteiger partial charge is 0.190 e. The first-order valence-electron chi connectivity index (χ1n) is 9.18. The van der Waals surface area contributed by atoms with Crippen molar-refractivity contribution in [3.05, 3.63) is 16.1 Å². The van der Waals surface area contributed by atoms with Gasteiger partial charge in [0.15, 0.2) is 5.96 Å². The lowest BCUT2D eigenvalue weighted by molar-refractivity contribution is 0.389. The molecule has 1 aromatic heterocycles. The van der Waals surface area contributed by atoms with Gasteiger partial charge in [-0.3, -0.25) is 4.99 Å². The third-order valence-electron chi connectivity index (χ3n) is 3.88. The molecule has 0 aliphatic carbocycles. The van der Waals surface area contributed by atoms with Crippen LogP contribution < -0.4 is 10.6 Å². The van der Waals surface area contributed by atoms with Gasteiger partial charge in [0.25, 0.3) is 0 Å². The van der Waals surface area contributed by atoms with Crippen LogP contribution in [0.25, 0.3) is 0 Å². The van der Waals surface area contributed by atoms with Crippen LogP contribution in [0.1, 0.15) is 48.9 Å². The maximum Gasteiger partial charge on any atom is 0.190 e. The molecule has 5 nitrogen and oxygen atoms in total. The first-order chi connectivity index (χ1) is 11.7. The standard InChI is InChI=1S/C18H35N5S.HI/c1-5-16-15-22-17(24-16)11-13-21-18(19-2)20-12-9-7-6-8-10-14-23(3)4;/h15H,5-14H2,1-4H3,(H2,19,20,21);1H. The van der Waals surface area contributed by atoms with Crippen molar-refractivity contribution in [1.82, 2.24) is 20.5 Å². The van der Waals surface area contributed by atoms with E-state index in [0.29, 0.717) is 0 Å². The van der Waals surface area contributed by atoms with Gasteiger partial charge >= 0.3 is 0 Å². The van der Waals surface area contributed by atoms with Crippen LogP contribution in [-0.4, -0.2) is 56.6 Å². The summed E-state index contributed by atoms with van der Waals surface area (Å²) in [5, 5.41) is 7.97. The van der Waals surface area contributed by atoms with Gasteiger partial charge in [-0.05, 0) is 39.9 Å². The SMILES string of the molecule is CCc1cnc(CCNC(=NC)NCCCCCCCN(C)C)s1.I. The third-order valence-corrected chi connectivity index (χ3v) is 5.08. The van der Waals surface area contributed by atoms with E-state index in [0.717, 1.165) is 31.9 Å². The average molecular weight is 481 g/mol. The fourth-order valence-electron chi connectivity index (χ4n) is 2.43. The summed E-state index contributed by atoms with van der Waals surface area (Å²) >= 11 is 1.81. The molecule has 0 saturated heterocycles. The number of hydrogen-bond donors (Lipinski definition) is 2. The Kier molecular flexibility index (Phi) is 15.6. The van der Waals surface area contributed by atoms with Gasteiger partial charge in [-0.15, -0.1) is 35.3 Å². The Hall–Kier alpha value is -0.410. The van der Waals surface area contributed by atoms with Crippen molar-refractivity contribution in [2.75, 3.05) is 40.8 Å². The largest absolute Gasteiger partial charge is 0.356 e. The topological polar surface area (TPSA) is 52.6 Å². The second-order valence-corrected chi connectivity index (χ2v) is 7.52. The maximum atomic E-state index is 4.45. The second-order valence-electron chi connectivity index (χ2n) is 6.32. The molecule has 0 fully saturated rings. The minimum Gasteiger partial charge on any atom is -0.356 e. The highest BCUT2D eigenvalue weighted by Crippen LogP contribution is 2.13. The van der Waals surface area contributed by atoms with E-state index in [-0.39, 0.29) is 24.0 Å². The van der Waals surface area contributed by atoms with E-state index in [1.54, 1.807) is 0 Å². The number of nitrogens with one attached hydrogen (secondary N) is 2. The van der Waals surface area contributed by atoms with E-state index < -0.39 is 0 Å². The van der Waals surface area contributed by atoms with Crippen molar-refractivity contribution in [3.8, 4) is 0 Å². The molecular formula is C18H36IN5S. The van der Waals surface area contributed by atoms with E-state index in [4.69, 9.17) is 0 Å². The van der Waals surface area contributed by atoms with Gasteiger partial charge in [-0.25, -0.2) is 4.98 Å². The summed E-state index contributed by atoms with van der Waals surface area (Å²) in [7, 11) is 6.11. The number of halogens is 1. The van der Waals surface area contributed by atoms with Gasteiger partial charge in [0, 0.05) is 37.6 Å². The van der Waals surface area contributed by atoms with E-state index >= 15 is 0 Å². The first kappa shape index (κ1) is 24.6. The zero-order valence-electron chi connectivity index (χ0n) is 16.3. The van der Waals surface area contributed by atoms with Gasteiger partial charge in [-0.1, -0.05) is 26.2 Å². The Morgan fingerprint density at radius 2 is 1.80 bits per heavy atom. The number of guanidine groups is 1.